The molecule has 122 valence electrons. The second-order valence-corrected chi connectivity index (χ2v) is 5.92. The fourth-order valence-corrected chi connectivity index (χ4v) is 3.01. The second-order valence-electron chi connectivity index (χ2n) is 5.92. The summed E-state index contributed by atoms with van der Waals surface area (Å²) in [6.45, 7) is 1.21. The van der Waals surface area contributed by atoms with E-state index >= 15 is 0 Å². The van der Waals surface area contributed by atoms with Crippen LogP contribution in [0.1, 0.15) is 37.2 Å². The Bertz CT molecular complexity index is 623. The molecule has 23 heavy (non-hydrogen) atoms. The van der Waals surface area contributed by atoms with Crippen molar-refractivity contribution in [1.29, 1.82) is 0 Å². The molecule has 2 saturated heterocycles. The van der Waals surface area contributed by atoms with Crippen LogP contribution in [0.2, 0.25) is 0 Å². The van der Waals surface area contributed by atoms with Crippen LogP contribution in [0.4, 0.5) is 5.95 Å². The summed E-state index contributed by atoms with van der Waals surface area (Å²) in [5.74, 6) is -1.44. The van der Waals surface area contributed by atoms with E-state index in [2.05, 4.69) is 15.3 Å². The summed E-state index contributed by atoms with van der Waals surface area (Å²) in [5, 5.41) is 11.3. The van der Waals surface area contributed by atoms with Crippen LogP contribution in [0.3, 0.4) is 0 Å². The van der Waals surface area contributed by atoms with Gasteiger partial charge in [0.1, 0.15) is 0 Å². The Balaban J connectivity index is 1.65. The predicted octanol–water partition coefficient (Wildman–Crippen LogP) is 0.298. The van der Waals surface area contributed by atoms with Crippen LogP contribution in [-0.2, 0) is 14.4 Å². The number of hydrogen-bond acceptors (Lipinski definition) is 6. The Morgan fingerprint density at radius 1 is 1.17 bits per heavy atom. The third kappa shape index (κ3) is 3.30. The molecule has 2 aliphatic rings. The molecule has 8 nitrogen and oxygen atoms in total. The number of nitrogens with zero attached hydrogens (tertiary/aromatic N) is 3. The van der Waals surface area contributed by atoms with E-state index in [9.17, 15) is 14.4 Å². The number of carboxylic acids is 1. The molecule has 2 fully saturated rings. The number of carbonyl (C=O) groups excluding carboxylic acids is 2. The Labute approximate surface area is 132 Å². The highest BCUT2D eigenvalue weighted by Crippen LogP contribution is 2.25. The first-order valence-corrected chi connectivity index (χ1v) is 7.68. The van der Waals surface area contributed by atoms with Gasteiger partial charge in [-0.1, -0.05) is 0 Å². The van der Waals surface area contributed by atoms with Crippen molar-refractivity contribution in [2.24, 2.45) is 5.92 Å². The summed E-state index contributed by atoms with van der Waals surface area (Å²) >= 11 is 0. The third-order valence-electron chi connectivity index (χ3n) is 4.43. The van der Waals surface area contributed by atoms with E-state index in [4.69, 9.17) is 5.11 Å². The van der Waals surface area contributed by atoms with Crippen molar-refractivity contribution in [3.05, 3.63) is 18.0 Å². The molecule has 3 rings (SSSR count). The van der Waals surface area contributed by atoms with E-state index in [1.54, 1.807) is 12.4 Å². The Morgan fingerprint density at radius 2 is 1.83 bits per heavy atom. The number of anilines is 1. The van der Waals surface area contributed by atoms with Gasteiger partial charge in [0, 0.05) is 37.5 Å². The minimum absolute atomic E-state index is 0.245. The van der Waals surface area contributed by atoms with Crippen molar-refractivity contribution in [3.63, 3.8) is 0 Å². The fraction of sp³-hybridized carbons (Fsp3) is 0.533. The third-order valence-corrected chi connectivity index (χ3v) is 4.43. The van der Waals surface area contributed by atoms with Crippen LogP contribution in [0.25, 0.3) is 0 Å². The van der Waals surface area contributed by atoms with Gasteiger partial charge in [-0.2, -0.15) is 0 Å². The number of imide groups is 1. The van der Waals surface area contributed by atoms with E-state index in [-0.39, 0.29) is 23.7 Å². The molecule has 2 amide bonds. The van der Waals surface area contributed by atoms with Gasteiger partial charge in [0.05, 0.1) is 11.8 Å². The van der Waals surface area contributed by atoms with Gasteiger partial charge in [0.25, 0.3) is 0 Å². The largest absolute Gasteiger partial charge is 0.481 e. The summed E-state index contributed by atoms with van der Waals surface area (Å²) in [7, 11) is 0. The topological polar surface area (TPSA) is 112 Å². The van der Waals surface area contributed by atoms with Gasteiger partial charge in [-0.3, -0.25) is 19.7 Å². The first kappa shape index (κ1) is 15.4. The number of rotatable bonds is 3. The summed E-state index contributed by atoms with van der Waals surface area (Å²) in [4.78, 5) is 44.5. The minimum Gasteiger partial charge on any atom is -0.481 e. The molecule has 3 heterocycles. The van der Waals surface area contributed by atoms with Crippen LogP contribution in [0, 0.1) is 5.92 Å². The molecule has 0 saturated carbocycles. The molecule has 0 bridgehead atoms. The SMILES string of the molecule is O=C1CCC(c2cnc(N3CCC(C(=O)O)CC3)nc2)C(=O)N1. The van der Waals surface area contributed by atoms with Crippen LogP contribution < -0.4 is 10.2 Å². The van der Waals surface area contributed by atoms with Crippen LogP contribution in [-0.4, -0.2) is 45.9 Å². The van der Waals surface area contributed by atoms with Crippen molar-refractivity contribution < 1.29 is 19.5 Å². The predicted molar refractivity (Wildman–Crippen MR) is 79.7 cm³/mol. The molecular weight excluding hydrogens is 300 g/mol. The molecule has 2 N–H and O–H groups in total. The first-order valence-electron chi connectivity index (χ1n) is 7.68. The molecule has 0 radical (unpaired) electrons. The lowest BCUT2D eigenvalue weighted by atomic mass is 9.92. The number of nitrogens with one attached hydrogen (secondary N) is 1. The van der Waals surface area contributed by atoms with E-state index in [1.165, 1.54) is 0 Å². The molecule has 2 aliphatic heterocycles. The van der Waals surface area contributed by atoms with Crippen molar-refractivity contribution in [2.45, 2.75) is 31.6 Å². The molecular formula is C15H18N4O4. The Morgan fingerprint density at radius 3 is 2.39 bits per heavy atom. The monoisotopic (exact) mass is 318 g/mol. The first-order chi connectivity index (χ1) is 11.0. The highest BCUT2D eigenvalue weighted by molar-refractivity contribution is 6.00. The molecule has 8 heteroatoms. The van der Waals surface area contributed by atoms with Crippen molar-refractivity contribution in [1.82, 2.24) is 15.3 Å². The zero-order valence-corrected chi connectivity index (χ0v) is 12.6. The smallest absolute Gasteiger partial charge is 0.306 e. The van der Waals surface area contributed by atoms with E-state index in [0.29, 0.717) is 50.3 Å². The van der Waals surface area contributed by atoms with Gasteiger partial charge in [-0.15, -0.1) is 0 Å². The average molecular weight is 318 g/mol. The van der Waals surface area contributed by atoms with Gasteiger partial charge in [0.2, 0.25) is 17.8 Å². The van der Waals surface area contributed by atoms with E-state index < -0.39 is 5.97 Å². The normalized spacial score (nSPS) is 22.8. The summed E-state index contributed by atoms with van der Waals surface area (Å²) in [6.07, 6.45) is 5.18. The average Bonchev–Trinajstić information content (AvgIpc) is 2.55. The molecule has 0 aliphatic carbocycles. The standard InChI is InChI=1S/C15H18N4O4/c20-12-2-1-11(13(21)18-12)10-7-16-15(17-8-10)19-5-3-9(4-6-19)14(22)23/h7-9,11H,1-6H2,(H,22,23)(H,18,20,21). The molecule has 1 aromatic heterocycles. The van der Waals surface area contributed by atoms with Gasteiger partial charge >= 0.3 is 5.97 Å². The fourth-order valence-electron chi connectivity index (χ4n) is 3.01. The summed E-state index contributed by atoms with van der Waals surface area (Å²) in [5.41, 5.74) is 0.694. The molecule has 0 spiro atoms. The van der Waals surface area contributed by atoms with Crippen LogP contribution in [0.15, 0.2) is 12.4 Å². The number of carboxylic acid groups (broad SMARTS) is 1. The summed E-state index contributed by atoms with van der Waals surface area (Å²) in [6, 6.07) is 0. The quantitative estimate of drug-likeness (QED) is 0.771. The number of hydrogen-bond donors (Lipinski definition) is 2. The molecule has 1 unspecified atom stereocenters. The zero-order chi connectivity index (χ0) is 16.4. The lowest BCUT2D eigenvalue weighted by Crippen LogP contribution is -2.39. The summed E-state index contributed by atoms with van der Waals surface area (Å²) < 4.78 is 0. The van der Waals surface area contributed by atoms with E-state index in [0.717, 1.165) is 0 Å². The number of carbonyl (C=O) groups is 3. The van der Waals surface area contributed by atoms with Crippen molar-refractivity contribution in [3.8, 4) is 0 Å². The molecule has 1 atom stereocenters. The Kier molecular flexibility index (Phi) is 4.22. The maximum Gasteiger partial charge on any atom is 0.306 e. The van der Waals surface area contributed by atoms with Crippen LogP contribution in [0.5, 0.6) is 0 Å². The Hall–Kier alpha value is -2.51. The zero-order valence-electron chi connectivity index (χ0n) is 12.6. The maximum absolute atomic E-state index is 11.8. The van der Waals surface area contributed by atoms with Gasteiger partial charge in [-0.25, -0.2) is 9.97 Å². The van der Waals surface area contributed by atoms with Gasteiger partial charge in [-0.05, 0) is 19.3 Å². The lowest BCUT2D eigenvalue weighted by Gasteiger charge is -2.30. The van der Waals surface area contributed by atoms with Gasteiger partial charge in [0.15, 0.2) is 0 Å². The number of aromatic nitrogens is 2. The number of piperidine rings is 2. The van der Waals surface area contributed by atoms with Crippen molar-refractivity contribution >= 4 is 23.7 Å². The second kappa shape index (κ2) is 6.31. The maximum atomic E-state index is 11.8. The number of amides is 2. The van der Waals surface area contributed by atoms with E-state index in [1.807, 2.05) is 4.90 Å². The molecule has 0 aromatic carbocycles. The van der Waals surface area contributed by atoms with Crippen molar-refractivity contribution in [2.75, 3.05) is 18.0 Å². The highest BCUT2D eigenvalue weighted by Gasteiger charge is 2.29. The minimum atomic E-state index is -0.751. The number of aliphatic carboxylic acids is 1. The molecule has 1 aromatic rings. The lowest BCUT2D eigenvalue weighted by molar-refractivity contribution is -0.142. The highest BCUT2D eigenvalue weighted by atomic mass is 16.4. The van der Waals surface area contributed by atoms with Gasteiger partial charge < -0.3 is 10.0 Å². The van der Waals surface area contributed by atoms with Crippen LogP contribution >= 0.6 is 0 Å².